The Morgan fingerprint density at radius 3 is 2.79 bits per heavy atom. The normalized spacial score (nSPS) is 16.1. The second-order valence-corrected chi connectivity index (χ2v) is 8.07. The molecule has 1 aliphatic heterocycles. The van der Waals surface area contributed by atoms with Crippen molar-refractivity contribution >= 4 is 17.7 Å². The highest BCUT2D eigenvalue weighted by Crippen LogP contribution is 2.31. The third-order valence-electron chi connectivity index (χ3n) is 5.29. The molecule has 1 amide bonds. The van der Waals surface area contributed by atoms with Crippen LogP contribution in [0, 0.1) is 0 Å². The Morgan fingerprint density at radius 2 is 1.96 bits per heavy atom. The van der Waals surface area contributed by atoms with E-state index in [0.29, 0.717) is 29.8 Å². The van der Waals surface area contributed by atoms with E-state index in [2.05, 4.69) is 27.0 Å². The van der Waals surface area contributed by atoms with Gasteiger partial charge in [-0.15, -0.1) is 10.2 Å². The van der Waals surface area contributed by atoms with Gasteiger partial charge in [-0.2, -0.15) is 5.10 Å². The maximum absolute atomic E-state index is 11.7. The molecule has 0 bridgehead atoms. The van der Waals surface area contributed by atoms with Crippen molar-refractivity contribution in [2.24, 2.45) is 0 Å². The maximum Gasteiger partial charge on any atom is 0.277 e. The van der Waals surface area contributed by atoms with Crippen molar-refractivity contribution in [3.05, 3.63) is 53.2 Å². The first kappa shape index (κ1) is 17.5. The fourth-order valence-electron chi connectivity index (χ4n) is 3.94. The third kappa shape index (κ3) is 3.32. The molecule has 0 radical (unpaired) electrons. The summed E-state index contributed by atoms with van der Waals surface area (Å²) in [5.74, 6) is 1.36. The molecule has 3 heterocycles. The quantitative estimate of drug-likeness (QED) is 0.597. The number of rotatable bonds is 6. The Balaban J connectivity index is 1.29. The number of amides is 1. The first-order chi connectivity index (χ1) is 13.8. The Kier molecular flexibility index (Phi) is 4.64. The lowest BCUT2D eigenvalue weighted by Crippen LogP contribution is -2.23. The maximum atomic E-state index is 11.7. The molecule has 28 heavy (non-hydrogen) atoms. The van der Waals surface area contributed by atoms with Gasteiger partial charge in [-0.05, 0) is 43.4 Å². The summed E-state index contributed by atoms with van der Waals surface area (Å²) in [5, 5.41) is 13.6. The van der Waals surface area contributed by atoms with Crippen LogP contribution in [0.15, 0.2) is 40.0 Å². The number of nitrogens with zero attached hydrogens (tertiary/aromatic N) is 5. The monoisotopic (exact) mass is 395 g/mol. The van der Waals surface area contributed by atoms with Crippen LogP contribution in [0.5, 0.6) is 0 Å². The number of carbonyl (C=O) groups excluding carboxylic acids is 1. The highest BCUT2D eigenvalue weighted by Gasteiger charge is 2.25. The van der Waals surface area contributed by atoms with Crippen LogP contribution in [0.1, 0.15) is 42.1 Å². The molecule has 0 atom stereocenters. The van der Waals surface area contributed by atoms with Crippen molar-refractivity contribution in [2.75, 3.05) is 6.54 Å². The lowest BCUT2D eigenvalue weighted by Gasteiger charge is -2.11. The van der Waals surface area contributed by atoms with Gasteiger partial charge in [0.2, 0.25) is 11.8 Å². The van der Waals surface area contributed by atoms with E-state index < -0.39 is 0 Å². The highest BCUT2D eigenvalue weighted by molar-refractivity contribution is 7.98. The van der Waals surface area contributed by atoms with Crippen LogP contribution in [0.4, 0.5) is 0 Å². The molecule has 5 rings (SSSR count). The van der Waals surface area contributed by atoms with Crippen molar-refractivity contribution in [3.63, 3.8) is 0 Å². The van der Waals surface area contributed by atoms with E-state index in [0.717, 1.165) is 37.2 Å². The second kappa shape index (κ2) is 7.43. The minimum atomic E-state index is 0.161. The van der Waals surface area contributed by atoms with Crippen LogP contribution in [0.2, 0.25) is 0 Å². The largest absolute Gasteiger partial charge is 0.414 e. The summed E-state index contributed by atoms with van der Waals surface area (Å²) in [6.45, 7) is 1.18. The zero-order chi connectivity index (χ0) is 18.9. The van der Waals surface area contributed by atoms with E-state index in [1.54, 1.807) is 4.90 Å². The van der Waals surface area contributed by atoms with Gasteiger partial charge < -0.3 is 9.32 Å². The number of likely N-dealkylation sites (tertiary alicyclic amines) is 1. The smallest absolute Gasteiger partial charge is 0.277 e. The molecule has 3 aromatic rings. The van der Waals surface area contributed by atoms with E-state index >= 15 is 0 Å². The van der Waals surface area contributed by atoms with Crippen molar-refractivity contribution < 1.29 is 9.21 Å². The lowest BCUT2D eigenvalue weighted by atomic mass is 10.2. The van der Waals surface area contributed by atoms with Gasteiger partial charge in [-0.25, -0.2) is 4.68 Å². The number of fused-ring (bicyclic) bond motifs is 1. The van der Waals surface area contributed by atoms with Gasteiger partial charge in [-0.3, -0.25) is 4.79 Å². The molecule has 1 aromatic carbocycles. The molecule has 0 N–H and O–H groups in total. The number of thioether (sulfide) groups is 1. The number of aromatic nitrogens is 4. The van der Waals surface area contributed by atoms with Crippen molar-refractivity contribution in [1.82, 2.24) is 24.9 Å². The number of carbonyl (C=O) groups is 1. The molecule has 8 heteroatoms. The van der Waals surface area contributed by atoms with Gasteiger partial charge in [0.05, 0.1) is 17.9 Å². The molecular weight excluding hydrogens is 374 g/mol. The first-order valence-corrected chi connectivity index (χ1v) is 10.6. The summed E-state index contributed by atoms with van der Waals surface area (Å²) < 4.78 is 7.82. The van der Waals surface area contributed by atoms with Crippen LogP contribution >= 0.6 is 11.8 Å². The Bertz CT molecular complexity index is 997. The SMILES string of the molecule is O=C1CCCN1Cc1nnc(SCc2nn(-c3ccccc3)c3c2CCC3)o1. The first-order valence-electron chi connectivity index (χ1n) is 9.66. The molecule has 2 aliphatic rings. The van der Waals surface area contributed by atoms with Crippen LogP contribution in [-0.2, 0) is 29.9 Å². The topological polar surface area (TPSA) is 77.1 Å². The number of hydrogen-bond acceptors (Lipinski definition) is 6. The summed E-state index contributed by atoms with van der Waals surface area (Å²) in [4.78, 5) is 13.5. The van der Waals surface area contributed by atoms with Crippen LogP contribution in [-0.4, -0.2) is 37.3 Å². The van der Waals surface area contributed by atoms with Gasteiger partial charge in [0.1, 0.15) is 0 Å². The second-order valence-electron chi connectivity index (χ2n) is 7.14. The molecule has 144 valence electrons. The molecule has 2 aromatic heterocycles. The Hall–Kier alpha value is -2.61. The summed E-state index contributed by atoms with van der Waals surface area (Å²) in [6, 6.07) is 10.3. The lowest BCUT2D eigenvalue weighted by molar-refractivity contribution is -0.128. The van der Waals surface area contributed by atoms with Crippen molar-refractivity contribution in [3.8, 4) is 5.69 Å². The summed E-state index contributed by atoms with van der Waals surface area (Å²) in [7, 11) is 0. The number of hydrogen-bond donors (Lipinski definition) is 0. The van der Waals surface area contributed by atoms with E-state index in [1.165, 1.54) is 29.4 Å². The van der Waals surface area contributed by atoms with Gasteiger partial charge >= 0.3 is 0 Å². The molecule has 0 saturated carbocycles. The molecule has 7 nitrogen and oxygen atoms in total. The number of benzene rings is 1. The predicted octanol–water partition coefficient (Wildman–Crippen LogP) is 3.16. The van der Waals surface area contributed by atoms with Crippen LogP contribution < -0.4 is 0 Å². The molecule has 1 saturated heterocycles. The third-order valence-corrected chi connectivity index (χ3v) is 6.12. The van der Waals surface area contributed by atoms with Gasteiger partial charge in [0, 0.05) is 24.4 Å². The zero-order valence-electron chi connectivity index (χ0n) is 15.5. The van der Waals surface area contributed by atoms with Crippen molar-refractivity contribution in [2.45, 2.75) is 49.6 Å². The van der Waals surface area contributed by atoms with Crippen molar-refractivity contribution in [1.29, 1.82) is 0 Å². The van der Waals surface area contributed by atoms with Crippen LogP contribution in [0.25, 0.3) is 5.69 Å². The molecule has 0 spiro atoms. The fourth-order valence-corrected chi connectivity index (χ4v) is 4.68. The Morgan fingerprint density at radius 1 is 1.07 bits per heavy atom. The predicted molar refractivity (Wildman–Crippen MR) is 104 cm³/mol. The average Bonchev–Trinajstić information content (AvgIpc) is 3.48. The van der Waals surface area contributed by atoms with Gasteiger partial charge in [0.15, 0.2) is 0 Å². The fraction of sp³-hybridized carbons (Fsp3) is 0.400. The summed E-state index contributed by atoms with van der Waals surface area (Å²) in [6.07, 6.45) is 4.83. The standard InChI is InChI=1S/C20H21N5O2S/c26-19-10-5-11-24(19)12-18-21-22-20(27-18)28-13-16-15-8-4-9-17(15)25(23-16)14-6-2-1-3-7-14/h1-3,6-7H,4-5,8-13H2. The minimum absolute atomic E-state index is 0.161. The molecule has 1 aliphatic carbocycles. The molecule has 1 fully saturated rings. The average molecular weight is 395 g/mol. The highest BCUT2D eigenvalue weighted by atomic mass is 32.2. The summed E-state index contributed by atoms with van der Waals surface area (Å²) in [5.41, 5.74) is 4.88. The molecular formula is C20H21N5O2S. The molecule has 0 unspecified atom stereocenters. The number of para-hydroxylation sites is 1. The summed E-state index contributed by atoms with van der Waals surface area (Å²) >= 11 is 1.51. The Labute approximate surface area is 167 Å². The van der Waals surface area contributed by atoms with E-state index in [1.807, 2.05) is 18.2 Å². The van der Waals surface area contributed by atoms with E-state index in [-0.39, 0.29) is 5.91 Å². The van der Waals surface area contributed by atoms with E-state index in [9.17, 15) is 4.79 Å². The van der Waals surface area contributed by atoms with E-state index in [4.69, 9.17) is 9.52 Å². The zero-order valence-corrected chi connectivity index (χ0v) is 16.3. The van der Waals surface area contributed by atoms with Gasteiger partial charge in [-0.1, -0.05) is 30.0 Å². The van der Waals surface area contributed by atoms with Crippen LogP contribution in [0.3, 0.4) is 0 Å². The minimum Gasteiger partial charge on any atom is -0.414 e. The van der Waals surface area contributed by atoms with Gasteiger partial charge in [0.25, 0.3) is 5.22 Å².